The van der Waals surface area contributed by atoms with Crippen molar-refractivity contribution in [2.24, 2.45) is 5.10 Å². The van der Waals surface area contributed by atoms with E-state index in [9.17, 15) is 0 Å². The summed E-state index contributed by atoms with van der Waals surface area (Å²) in [5.41, 5.74) is 3.71. The smallest absolute Gasteiger partial charge is 0.179 e. The van der Waals surface area contributed by atoms with E-state index in [4.69, 9.17) is 0 Å². The van der Waals surface area contributed by atoms with Gasteiger partial charge in [-0.1, -0.05) is 0 Å². The molecule has 0 spiro atoms. The zero-order valence-electron chi connectivity index (χ0n) is 6.89. The first-order chi connectivity index (χ1) is 5.77. The topological polar surface area (TPSA) is 57.2 Å². The lowest BCUT2D eigenvalue weighted by molar-refractivity contribution is 0.863. The molecule has 0 aliphatic carbocycles. The molecule has 12 heavy (non-hydrogen) atoms. The normalized spacial score (nSPS) is 14.7. The van der Waals surface area contributed by atoms with E-state index < -0.39 is 0 Å². The van der Waals surface area contributed by atoms with Gasteiger partial charge in [0.2, 0.25) is 0 Å². The van der Waals surface area contributed by atoms with Gasteiger partial charge in [-0.2, -0.15) is 10.1 Å². The van der Waals surface area contributed by atoms with Crippen molar-refractivity contribution in [3.63, 3.8) is 0 Å². The van der Waals surface area contributed by atoms with Crippen LogP contribution in [0.5, 0.6) is 0 Å². The summed E-state index contributed by atoms with van der Waals surface area (Å²) in [5.74, 6) is 2.29. The Morgan fingerprint density at radius 2 is 2.17 bits per heavy atom. The Labute approximate surface area is 69.8 Å². The van der Waals surface area contributed by atoms with Crippen LogP contribution in [0.15, 0.2) is 17.4 Å². The zero-order valence-corrected chi connectivity index (χ0v) is 6.89. The molecule has 0 fully saturated rings. The molecule has 0 saturated heterocycles. The van der Waals surface area contributed by atoms with Crippen LogP contribution in [0.4, 0.5) is 0 Å². The van der Waals surface area contributed by atoms with E-state index in [-0.39, 0.29) is 0 Å². The number of hydrogen-bond donors (Lipinski definition) is 0. The fourth-order valence-corrected chi connectivity index (χ4v) is 1.08. The van der Waals surface area contributed by atoms with Gasteiger partial charge in [-0.05, 0) is 13.8 Å². The second-order valence-corrected chi connectivity index (χ2v) is 2.51. The Hall–Kier alpha value is -1.65. The van der Waals surface area contributed by atoms with Gasteiger partial charge >= 0.3 is 0 Å². The lowest BCUT2D eigenvalue weighted by atomic mass is 10.5. The SMILES string of the molecule is Cc1nc(C)n(C2=N[N]C=C2)n1. The van der Waals surface area contributed by atoms with Gasteiger partial charge in [-0.25, -0.2) is 4.98 Å². The Balaban J connectivity index is 2.45. The Morgan fingerprint density at radius 1 is 1.33 bits per heavy atom. The molecule has 0 atom stereocenters. The minimum atomic E-state index is 0.716. The summed E-state index contributed by atoms with van der Waals surface area (Å²) in [7, 11) is 0. The maximum atomic E-state index is 4.16. The van der Waals surface area contributed by atoms with Crippen molar-refractivity contribution in [1.29, 1.82) is 0 Å². The van der Waals surface area contributed by atoms with Crippen LogP contribution in [0.3, 0.4) is 0 Å². The first-order valence-electron chi connectivity index (χ1n) is 3.62. The van der Waals surface area contributed by atoms with Gasteiger partial charge in [0, 0.05) is 6.08 Å². The Bertz CT molecular complexity index is 360. The molecule has 0 unspecified atom stereocenters. The molecule has 1 aliphatic rings. The number of rotatable bonds is 0. The molecule has 1 aliphatic heterocycles. The largest absolute Gasteiger partial charge is 0.217 e. The molecule has 0 saturated carbocycles. The summed E-state index contributed by atoms with van der Waals surface area (Å²) in [6.07, 6.45) is 3.42. The van der Waals surface area contributed by atoms with E-state index in [0.717, 1.165) is 11.6 Å². The van der Waals surface area contributed by atoms with E-state index in [1.54, 1.807) is 17.0 Å². The number of nitrogens with zero attached hydrogens (tertiary/aromatic N) is 5. The highest BCUT2D eigenvalue weighted by Crippen LogP contribution is 1.99. The highest BCUT2D eigenvalue weighted by atomic mass is 15.4. The summed E-state index contributed by atoms with van der Waals surface area (Å²) in [5, 5.41) is 8.03. The summed E-state index contributed by atoms with van der Waals surface area (Å²) < 4.78 is 1.67. The molecule has 61 valence electrons. The first kappa shape index (κ1) is 7.02. The van der Waals surface area contributed by atoms with Crippen molar-refractivity contribution in [3.05, 3.63) is 23.9 Å². The van der Waals surface area contributed by atoms with Crippen molar-refractivity contribution < 1.29 is 0 Å². The maximum Gasteiger partial charge on any atom is 0.179 e. The molecule has 1 aromatic heterocycles. The molecule has 2 rings (SSSR count). The second kappa shape index (κ2) is 2.44. The number of aromatic nitrogens is 3. The number of aryl methyl sites for hydroxylation is 2. The predicted octanol–water partition coefficient (Wildman–Crippen LogP) is 0.188. The number of hydrogen-bond acceptors (Lipinski definition) is 3. The lowest BCUT2D eigenvalue weighted by Crippen LogP contribution is -2.11. The van der Waals surface area contributed by atoms with Crippen molar-refractivity contribution in [2.45, 2.75) is 13.8 Å². The van der Waals surface area contributed by atoms with Crippen LogP contribution in [-0.2, 0) is 0 Å². The fraction of sp³-hybridized carbons (Fsp3) is 0.286. The second-order valence-electron chi connectivity index (χ2n) is 2.51. The van der Waals surface area contributed by atoms with Crippen LogP contribution < -0.4 is 5.43 Å². The number of allylic oxidation sites excluding steroid dienone is 1. The van der Waals surface area contributed by atoms with Gasteiger partial charge < -0.3 is 0 Å². The first-order valence-corrected chi connectivity index (χ1v) is 3.62. The third-order valence-electron chi connectivity index (χ3n) is 1.54. The molecule has 0 bridgehead atoms. The highest BCUT2D eigenvalue weighted by molar-refractivity contribution is 5.95. The third-order valence-corrected chi connectivity index (χ3v) is 1.54. The van der Waals surface area contributed by atoms with Gasteiger partial charge in [0.25, 0.3) is 0 Å². The lowest BCUT2D eigenvalue weighted by Gasteiger charge is -1.95. The van der Waals surface area contributed by atoms with Crippen molar-refractivity contribution in [3.8, 4) is 0 Å². The van der Waals surface area contributed by atoms with Crippen molar-refractivity contribution in [2.75, 3.05) is 0 Å². The molecule has 1 radical (unpaired) electrons. The van der Waals surface area contributed by atoms with Crippen molar-refractivity contribution >= 4 is 5.84 Å². The van der Waals surface area contributed by atoms with Crippen LogP contribution in [0.1, 0.15) is 11.6 Å². The van der Waals surface area contributed by atoms with E-state index in [2.05, 4.69) is 20.6 Å². The van der Waals surface area contributed by atoms with Gasteiger partial charge in [0.15, 0.2) is 5.84 Å². The molecule has 0 N–H and O–H groups in total. The average molecular weight is 162 g/mol. The summed E-state index contributed by atoms with van der Waals surface area (Å²) in [4.78, 5) is 4.15. The molecular weight excluding hydrogens is 154 g/mol. The van der Waals surface area contributed by atoms with Gasteiger partial charge in [-0.3, -0.25) is 0 Å². The molecule has 0 aromatic carbocycles. The monoisotopic (exact) mass is 162 g/mol. The van der Waals surface area contributed by atoms with Crippen LogP contribution in [0.2, 0.25) is 0 Å². The van der Waals surface area contributed by atoms with E-state index in [0.29, 0.717) is 5.84 Å². The maximum absolute atomic E-state index is 4.16. The molecule has 0 amide bonds. The fourth-order valence-electron chi connectivity index (χ4n) is 1.08. The molecule has 2 heterocycles. The molecule has 5 heteroatoms. The zero-order chi connectivity index (χ0) is 8.55. The quantitative estimate of drug-likeness (QED) is 0.546. The minimum absolute atomic E-state index is 0.716. The van der Waals surface area contributed by atoms with Crippen LogP contribution >= 0.6 is 0 Å². The van der Waals surface area contributed by atoms with Crippen LogP contribution in [0.25, 0.3) is 0 Å². The Morgan fingerprint density at radius 3 is 2.67 bits per heavy atom. The van der Waals surface area contributed by atoms with Gasteiger partial charge in [0.05, 0.1) is 6.20 Å². The van der Waals surface area contributed by atoms with E-state index in [1.807, 2.05) is 13.8 Å². The standard InChI is InChI=1S/C7H8N5/c1-5-9-6(2)12(11-5)7-3-4-8-10-7/h3-4H,1-2H3. The van der Waals surface area contributed by atoms with Gasteiger partial charge in [-0.15, -0.1) is 10.2 Å². The summed E-state index contributed by atoms with van der Waals surface area (Å²) in [6, 6.07) is 0. The molecule has 5 nitrogen and oxygen atoms in total. The summed E-state index contributed by atoms with van der Waals surface area (Å²) >= 11 is 0. The van der Waals surface area contributed by atoms with E-state index >= 15 is 0 Å². The predicted molar refractivity (Wildman–Crippen MR) is 43.6 cm³/mol. The minimum Gasteiger partial charge on any atom is -0.217 e. The summed E-state index contributed by atoms with van der Waals surface area (Å²) in [6.45, 7) is 3.73. The van der Waals surface area contributed by atoms with E-state index in [1.165, 1.54) is 0 Å². The Kier molecular flexibility index (Phi) is 1.43. The molecular formula is C7H8N5. The van der Waals surface area contributed by atoms with Crippen molar-refractivity contribution in [1.82, 2.24) is 20.2 Å². The highest BCUT2D eigenvalue weighted by Gasteiger charge is 2.09. The molecule has 1 aromatic rings. The third kappa shape index (κ3) is 0.990. The average Bonchev–Trinajstić information content (AvgIpc) is 2.58. The van der Waals surface area contributed by atoms with Crippen LogP contribution in [0, 0.1) is 13.8 Å². The van der Waals surface area contributed by atoms with Crippen LogP contribution in [-0.4, -0.2) is 20.6 Å². The van der Waals surface area contributed by atoms with Gasteiger partial charge in [0.1, 0.15) is 11.6 Å².